The van der Waals surface area contributed by atoms with Gasteiger partial charge in [0.2, 0.25) is 5.43 Å². The molecule has 6 nitrogen and oxygen atoms in total. The highest BCUT2D eigenvalue weighted by atomic mass is 35.5. The van der Waals surface area contributed by atoms with Crippen LogP contribution in [0.3, 0.4) is 0 Å². The molecule has 0 bridgehead atoms. The van der Waals surface area contributed by atoms with Crippen LogP contribution in [0.15, 0.2) is 70.3 Å². The summed E-state index contributed by atoms with van der Waals surface area (Å²) in [5.74, 6) is -1.34. The number of benzene rings is 1. The van der Waals surface area contributed by atoms with Crippen molar-refractivity contribution in [3.63, 3.8) is 0 Å². The highest BCUT2D eigenvalue weighted by Crippen LogP contribution is 2.23. The van der Waals surface area contributed by atoms with Crippen molar-refractivity contribution in [2.45, 2.75) is 6.04 Å². The third kappa shape index (κ3) is 3.87. The SMILES string of the molecule is O=C(N[C@H](c1ccncc1)c1ccc(Cl)cc1)c1cc(=O)c(O)co1. The number of aromatic nitrogens is 1. The molecule has 2 heterocycles. The number of nitrogens with zero attached hydrogens (tertiary/aromatic N) is 1. The minimum absolute atomic E-state index is 0.198. The number of carbonyl (C=O) groups excluding carboxylic acids is 1. The molecule has 0 aliphatic heterocycles. The Kier molecular flexibility index (Phi) is 4.81. The number of pyridine rings is 1. The van der Waals surface area contributed by atoms with E-state index in [4.69, 9.17) is 16.0 Å². The van der Waals surface area contributed by atoms with E-state index in [1.807, 2.05) is 0 Å². The van der Waals surface area contributed by atoms with Crippen LogP contribution in [0, 0.1) is 0 Å². The third-order valence-corrected chi connectivity index (χ3v) is 3.81. The van der Waals surface area contributed by atoms with Crippen LogP contribution in [0.5, 0.6) is 5.75 Å². The normalized spacial score (nSPS) is 11.7. The fourth-order valence-electron chi connectivity index (χ4n) is 2.30. The van der Waals surface area contributed by atoms with Gasteiger partial charge in [-0.05, 0) is 35.4 Å². The lowest BCUT2D eigenvalue weighted by Gasteiger charge is -2.19. The maximum absolute atomic E-state index is 12.5. The Bertz CT molecular complexity index is 939. The van der Waals surface area contributed by atoms with Crippen LogP contribution < -0.4 is 10.7 Å². The van der Waals surface area contributed by atoms with Gasteiger partial charge >= 0.3 is 0 Å². The van der Waals surface area contributed by atoms with Gasteiger partial charge in [0.15, 0.2) is 11.5 Å². The quantitative estimate of drug-likeness (QED) is 0.749. The van der Waals surface area contributed by atoms with Crippen molar-refractivity contribution in [2.24, 2.45) is 0 Å². The van der Waals surface area contributed by atoms with Crippen molar-refractivity contribution in [2.75, 3.05) is 0 Å². The zero-order valence-corrected chi connectivity index (χ0v) is 13.6. The second-order valence-corrected chi connectivity index (χ2v) is 5.67. The molecular weight excluding hydrogens is 344 g/mol. The fourth-order valence-corrected chi connectivity index (χ4v) is 2.42. The predicted octanol–water partition coefficient (Wildman–Crippen LogP) is 2.91. The van der Waals surface area contributed by atoms with Gasteiger partial charge in [-0.1, -0.05) is 23.7 Å². The fraction of sp³-hybridized carbons (Fsp3) is 0.0556. The number of hydrogen-bond donors (Lipinski definition) is 2. The van der Waals surface area contributed by atoms with E-state index in [0.29, 0.717) is 5.02 Å². The molecule has 0 aliphatic rings. The highest BCUT2D eigenvalue weighted by Gasteiger charge is 2.20. The minimum Gasteiger partial charge on any atom is -0.502 e. The van der Waals surface area contributed by atoms with Crippen molar-refractivity contribution >= 4 is 17.5 Å². The Labute approximate surface area is 147 Å². The molecule has 126 valence electrons. The van der Waals surface area contributed by atoms with Crippen LogP contribution >= 0.6 is 11.6 Å². The van der Waals surface area contributed by atoms with E-state index in [2.05, 4.69) is 10.3 Å². The van der Waals surface area contributed by atoms with Gasteiger partial charge in [-0.3, -0.25) is 14.6 Å². The van der Waals surface area contributed by atoms with Crippen LogP contribution in [0.2, 0.25) is 5.02 Å². The predicted molar refractivity (Wildman–Crippen MR) is 91.6 cm³/mol. The minimum atomic E-state index is -0.691. The Morgan fingerprint density at radius 1 is 1.12 bits per heavy atom. The standard InChI is InChI=1S/C18H13ClN2O4/c19-13-3-1-11(2-4-13)17(12-5-7-20-8-6-12)21-18(24)16-9-14(22)15(23)10-25-16/h1-10,17,23H,(H,21,24)/t17-/m0/s1. The molecule has 25 heavy (non-hydrogen) atoms. The molecule has 0 aliphatic carbocycles. The summed E-state index contributed by atoms with van der Waals surface area (Å²) in [4.78, 5) is 27.9. The first-order valence-corrected chi connectivity index (χ1v) is 7.70. The first kappa shape index (κ1) is 16.7. The Hall–Kier alpha value is -3.12. The molecule has 2 aromatic heterocycles. The summed E-state index contributed by atoms with van der Waals surface area (Å²) >= 11 is 5.93. The molecule has 0 saturated carbocycles. The van der Waals surface area contributed by atoms with E-state index in [0.717, 1.165) is 23.5 Å². The number of nitrogens with one attached hydrogen (secondary N) is 1. The number of amides is 1. The maximum atomic E-state index is 12.5. The van der Waals surface area contributed by atoms with Crippen molar-refractivity contribution in [3.8, 4) is 5.75 Å². The second kappa shape index (κ2) is 7.19. The van der Waals surface area contributed by atoms with Gasteiger partial charge < -0.3 is 14.8 Å². The highest BCUT2D eigenvalue weighted by molar-refractivity contribution is 6.30. The third-order valence-electron chi connectivity index (χ3n) is 3.55. The molecule has 0 spiro atoms. The van der Waals surface area contributed by atoms with E-state index in [1.54, 1.807) is 48.8 Å². The van der Waals surface area contributed by atoms with Gasteiger partial charge in [0, 0.05) is 23.5 Å². The zero-order valence-electron chi connectivity index (χ0n) is 12.8. The summed E-state index contributed by atoms with van der Waals surface area (Å²) in [5, 5.41) is 12.6. The number of rotatable bonds is 4. The number of halogens is 1. The summed E-state index contributed by atoms with van der Waals surface area (Å²) in [6.45, 7) is 0. The van der Waals surface area contributed by atoms with Crippen LogP contribution in [-0.4, -0.2) is 16.0 Å². The van der Waals surface area contributed by atoms with Gasteiger partial charge in [0.1, 0.15) is 6.26 Å². The van der Waals surface area contributed by atoms with Crippen LogP contribution in [0.1, 0.15) is 27.7 Å². The average Bonchev–Trinajstić information content (AvgIpc) is 2.63. The van der Waals surface area contributed by atoms with Gasteiger partial charge in [0.25, 0.3) is 5.91 Å². The Morgan fingerprint density at radius 3 is 2.40 bits per heavy atom. The first-order chi connectivity index (χ1) is 12.0. The van der Waals surface area contributed by atoms with E-state index in [-0.39, 0.29) is 5.76 Å². The molecule has 0 fully saturated rings. The largest absolute Gasteiger partial charge is 0.502 e. The molecule has 1 atom stereocenters. The average molecular weight is 357 g/mol. The topological polar surface area (TPSA) is 92.4 Å². The summed E-state index contributed by atoms with van der Waals surface area (Å²) in [5.41, 5.74) is 0.903. The molecule has 1 amide bonds. The Morgan fingerprint density at radius 2 is 1.76 bits per heavy atom. The van der Waals surface area contributed by atoms with Crippen LogP contribution in [-0.2, 0) is 0 Å². The van der Waals surface area contributed by atoms with Gasteiger partial charge in [0.05, 0.1) is 6.04 Å². The first-order valence-electron chi connectivity index (χ1n) is 7.32. The van der Waals surface area contributed by atoms with Crippen LogP contribution in [0.25, 0.3) is 0 Å². The monoisotopic (exact) mass is 356 g/mol. The van der Waals surface area contributed by atoms with Crippen molar-refractivity contribution in [1.29, 1.82) is 0 Å². The van der Waals surface area contributed by atoms with E-state index in [1.165, 1.54) is 0 Å². The lowest BCUT2D eigenvalue weighted by Crippen LogP contribution is -2.29. The van der Waals surface area contributed by atoms with E-state index >= 15 is 0 Å². The van der Waals surface area contributed by atoms with E-state index in [9.17, 15) is 14.7 Å². The smallest absolute Gasteiger partial charge is 0.287 e. The van der Waals surface area contributed by atoms with E-state index < -0.39 is 23.1 Å². The molecule has 2 N–H and O–H groups in total. The summed E-state index contributed by atoms with van der Waals surface area (Å²) in [6.07, 6.45) is 4.07. The molecule has 1 aromatic carbocycles. The molecule has 3 aromatic rings. The summed E-state index contributed by atoms with van der Waals surface area (Å²) < 4.78 is 5.00. The lowest BCUT2D eigenvalue weighted by atomic mass is 9.99. The number of carbonyl (C=O) groups is 1. The maximum Gasteiger partial charge on any atom is 0.287 e. The second-order valence-electron chi connectivity index (χ2n) is 5.23. The molecule has 0 unspecified atom stereocenters. The lowest BCUT2D eigenvalue weighted by molar-refractivity contribution is 0.0912. The van der Waals surface area contributed by atoms with Gasteiger partial charge in [-0.15, -0.1) is 0 Å². The van der Waals surface area contributed by atoms with Crippen LogP contribution in [0.4, 0.5) is 0 Å². The van der Waals surface area contributed by atoms with Gasteiger partial charge in [-0.25, -0.2) is 0 Å². The van der Waals surface area contributed by atoms with Crippen molar-refractivity contribution < 1.29 is 14.3 Å². The number of hydrogen-bond acceptors (Lipinski definition) is 5. The summed E-state index contributed by atoms with van der Waals surface area (Å²) in [6, 6.07) is 11.0. The summed E-state index contributed by atoms with van der Waals surface area (Å²) in [7, 11) is 0. The Balaban J connectivity index is 1.94. The zero-order chi connectivity index (χ0) is 17.8. The molecule has 0 saturated heterocycles. The van der Waals surface area contributed by atoms with Crippen molar-refractivity contribution in [1.82, 2.24) is 10.3 Å². The van der Waals surface area contributed by atoms with Gasteiger partial charge in [-0.2, -0.15) is 0 Å². The van der Waals surface area contributed by atoms with Crippen molar-refractivity contribution in [3.05, 3.63) is 93.3 Å². The number of aromatic hydroxyl groups is 1. The molecular formula is C18H13ClN2O4. The molecule has 7 heteroatoms. The molecule has 0 radical (unpaired) electrons. The molecule has 3 rings (SSSR count).